The summed E-state index contributed by atoms with van der Waals surface area (Å²) in [5.41, 5.74) is 1.81. The average Bonchev–Trinajstić information content (AvgIpc) is 3.18. The normalized spacial score (nSPS) is 17.0. The quantitative estimate of drug-likeness (QED) is 0.808. The van der Waals surface area contributed by atoms with E-state index in [0.29, 0.717) is 24.1 Å². The summed E-state index contributed by atoms with van der Waals surface area (Å²) in [6.07, 6.45) is 6.01. The minimum atomic E-state index is 0.191. The van der Waals surface area contributed by atoms with Crippen LogP contribution in [0.15, 0.2) is 22.9 Å². The third-order valence-corrected chi connectivity index (χ3v) is 4.48. The first kappa shape index (κ1) is 13.4. The number of methoxy groups -OCH3 is 1. The molecule has 0 aromatic carbocycles. The molecule has 0 saturated heterocycles. The Morgan fingerprint density at radius 1 is 1.63 bits per heavy atom. The molecule has 1 unspecified atom stereocenters. The van der Waals surface area contributed by atoms with E-state index >= 15 is 0 Å². The molecule has 0 radical (unpaired) electrons. The molecule has 0 bridgehead atoms. The molecule has 1 aliphatic rings. The fourth-order valence-corrected chi connectivity index (χ4v) is 3.28. The fraction of sp³-hybridized carbons (Fsp3) is 0.462. The Balaban J connectivity index is 2.12. The van der Waals surface area contributed by atoms with Gasteiger partial charge in [0.05, 0.1) is 6.61 Å². The van der Waals surface area contributed by atoms with Crippen LogP contribution in [0.1, 0.15) is 24.3 Å². The molecule has 0 spiro atoms. The van der Waals surface area contributed by atoms with Crippen molar-refractivity contribution in [2.24, 2.45) is 5.92 Å². The molecule has 1 atom stereocenters. The predicted octanol–water partition coefficient (Wildman–Crippen LogP) is 4.32. The van der Waals surface area contributed by atoms with Crippen LogP contribution in [0.25, 0.3) is 11.0 Å². The topological polar surface area (TPSA) is 27.1 Å². The highest BCUT2D eigenvalue weighted by molar-refractivity contribution is 9.10. The Morgan fingerprint density at radius 3 is 3.05 bits per heavy atom. The van der Waals surface area contributed by atoms with E-state index < -0.39 is 0 Å². The maximum absolute atomic E-state index is 13.0. The lowest BCUT2D eigenvalue weighted by Crippen LogP contribution is -2.08. The molecular formula is C13H14BrFN2OS. The summed E-state index contributed by atoms with van der Waals surface area (Å²) >= 11 is 3.63. The zero-order valence-electron chi connectivity index (χ0n) is 10.5. The van der Waals surface area contributed by atoms with E-state index in [9.17, 15) is 3.89 Å². The van der Waals surface area contributed by atoms with Crippen LogP contribution in [0.4, 0.5) is 3.89 Å². The maximum Gasteiger partial charge on any atom is 0.171 e. The Kier molecular flexibility index (Phi) is 3.82. The van der Waals surface area contributed by atoms with Gasteiger partial charge in [0, 0.05) is 35.3 Å². The van der Waals surface area contributed by atoms with Crippen LogP contribution in [0.5, 0.6) is 0 Å². The van der Waals surface area contributed by atoms with Gasteiger partial charge in [0.25, 0.3) is 0 Å². The lowest BCUT2D eigenvalue weighted by molar-refractivity contribution is 0.172. The maximum atomic E-state index is 13.0. The third kappa shape index (κ3) is 2.53. The molecule has 3 nitrogen and oxygen atoms in total. The highest BCUT2D eigenvalue weighted by Gasteiger charge is 2.34. The minimum absolute atomic E-state index is 0.191. The molecule has 0 amide bonds. The summed E-state index contributed by atoms with van der Waals surface area (Å²) in [5.74, 6) is 0.986. The lowest BCUT2D eigenvalue weighted by atomic mass is 9.95. The number of pyridine rings is 1. The highest BCUT2D eigenvalue weighted by atomic mass is 79.9. The summed E-state index contributed by atoms with van der Waals surface area (Å²) in [6.45, 7) is 0.674. The Hall–Kier alpha value is -0.590. The van der Waals surface area contributed by atoms with Gasteiger partial charge in [0.1, 0.15) is 0 Å². The summed E-state index contributed by atoms with van der Waals surface area (Å²) in [5, 5.41) is 1.01. The first-order valence-corrected chi connectivity index (χ1v) is 7.65. The minimum Gasteiger partial charge on any atom is -0.384 e. The summed E-state index contributed by atoms with van der Waals surface area (Å²) < 4.78 is 20.8. The van der Waals surface area contributed by atoms with Crippen LogP contribution in [0, 0.1) is 5.92 Å². The SMILES string of the molecule is COCC(c1cn(SF)c2ncc(Br)cc12)C1CC1. The number of hydrogen-bond acceptors (Lipinski definition) is 3. The van der Waals surface area contributed by atoms with Crippen LogP contribution < -0.4 is 0 Å². The molecule has 1 saturated carbocycles. The van der Waals surface area contributed by atoms with Gasteiger partial charge < -0.3 is 4.74 Å². The standard InChI is InChI=1S/C13H14BrFN2OS/c1-18-7-12(8-2-3-8)11-6-17(19-15)13-10(11)4-9(14)5-16-13/h4-6,8,12H,2-3,7H2,1H3. The van der Waals surface area contributed by atoms with Crippen molar-refractivity contribution in [1.29, 1.82) is 0 Å². The number of fused-ring (bicyclic) bond motifs is 1. The number of halogens is 2. The second-order valence-electron chi connectivity index (χ2n) is 4.90. The van der Waals surface area contributed by atoms with Gasteiger partial charge in [-0.15, -0.1) is 3.89 Å². The van der Waals surface area contributed by atoms with Crippen LogP contribution in [0.3, 0.4) is 0 Å². The van der Waals surface area contributed by atoms with Gasteiger partial charge in [-0.1, -0.05) is 0 Å². The number of aromatic nitrogens is 2. The van der Waals surface area contributed by atoms with Gasteiger partial charge >= 0.3 is 0 Å². The van der Waals surface area contributed by atoms with Crippen molar-refractivity contribution >= 4 is 39.3 Å². The van der Waals surface area contributed by atoms with Gasteiger partial charge in [-0.25, -0.2) is 8.96 Å². The number of rotatable bonds is 5. The molecule has 0 aliphatic heterocycles. The molecular weight excluding hydrogens is 331 g/mol. The van der Waals surface area contributed by atoms with Gasteiger partial charge in [-0.05, 0) is 46.3 Å². The van der Waals surface area contributed by atoms with Gasteiger partial charge in [0.15, 0.2) is 18.0 Å². The smallest absolute Gasteiger partial charge is 0.171 e. The van der Waals surface area contributed by atoms with Crippen molar-refractivity contribution in [3.63, 3.8) is 0 Å². The van der Waals surface area contributed by atoms with Crippen LogP contribution in [-0.4, -0.2) is 22.7 Å². The molecule has 2 aromatic heterocycles. The number of hydrogen-bond donors (Lipinski definition) is 0. The van der Waals surface area contributed by atoms with E-state index in [1.54, 1.807) is 13.3 Å². The van der Waals surface area contributed by atoms with Gasteiger partial charge in [0.2, 0.25) is 0 Å². The first-order chi connectivity index (χ1) is 9.24. The van der Waals surface area contributed by atoms with Crippen molar-refractivity contribution in [3.05, 3.63) is 28.5 Å². The predicted molar refractivity (Wildman–Crippen MR) is 78.9 cm³/mol. The fourth-order valence-electron chi connectivity index (χ4n) is 2.58. The Labute approximate surface area is 124 Å². The van der Waals surface area contributed by atoms with E-state index in [-0.39, 0.29) is 12.3 Å². The molecule has 1 aliphatic carbocycles. The van der Waals surface area contributed by atoms with Crippen molar-refractivity contribution < 1.29 is 8.62 Å². The van der Waals surface area contributed by atoms with E-state index in [1.165, 1.54) is 16.8 Å². The number of ether oxygens (including phenoxy) is 1. The summed E-state index contributed by atoms with van der Waals surface area (Å²) in [6, 6.07) is 2.01. The first-order valence-electron chi connectivity index (χ1n) is 6.19. The number of nitrogens with zero attached hydrogens (tertiary/aromatic N) is 2. The second-order valence-corrected chi connectivity index (χ2v) is 6.35. The van der Waals surface area contributed by atoms with Crippen molar-refractivity contribution in [1.82, 2.24) is 8.96 Å². The van der Waals surface area contributed by atoms with E-state index in [2.05, 4.69) is 20.9 Å². The zero-order chi connectivity index (χ0) is 13.4. The van der Waals surface area contributed by atoms with Crippen molar-refractivity contribution in [2.75, 3.05) is 13.7 Å². The highest BCUT2D eigenvalue weighted by Crippen LogP contribution is 2.45. The molecule has 19 heavy (non-hydrogen) atoms. The van der Waals surface area contributed by atoms with E-state index in [4.69, 9.17) is 4.74 Å². The molecule has 3 rings (SSSR count). The molecule has 2 aromatic rings. The van der Waals surface area contributed by atoms with Crippen LogP contribution >= 0.6 is 28.3 Å². The summed E-state index contributed by atoms with van der Waals surface area (Å²) in [4.78, 5) is 4.31. The van der Waals surface area contributed by atoms with Crippen LogP contribution in [0.2, 0.25) is 0 Å². The average molecular weight is 345 g/mol. The lowest BCUT2D eigenvalue weighted by Gasteiger charge is -2.14. The van der Waals surface area contributed by atoms with Crippen molar-refractivity contribution in [3.8, 4) is 0 Å². The molecule has 1 fully saturated rings. The van der Waals surface area contributed by atoms with E-state index in [1.807, 2.05) is 12.3 Å². The largest absolute Gasteiger partial charge is 0.384 e. The molecule has 2 heterocycles. The molecule has 0 N–H and O–H groups in total. The third-order valence-electron chi connectivity index (χ3n) is 3.62. The van der Waals surface area contributed by atoms with Crippen molar-refractivity contribution in [2.45, 2.75) is 18.8 Å². The second kappa shape index (κ2) is 5.42. The van der Waals surface area contributed by atoms with E-state index in [0.717, 1.165) is 15.4 Å². The van der Waals surface area contributed by atoms with Gasteiger partial charge in [-0.2, -0.15) is 0 Å². The monoisotopic (exact) mass is 344 g/mol. The van der Waals surface area contributed by atoms with Crippen LogP contribution in [-0.2, 0) is 4.74 Å². The van der Waals surface area contributed by atoms with Gasteiger partial charge in [-0.3, -0.25) is 0 Å². The summed E-state index contributed by atoms with van der Waals surface area (Å²) in [7, 11) is 1.71. The molecule has 102 valence electrons. The Morgan fingerprint density at radius 2 is 2.42 bits per heavy atom. The molecule has 6 heteroatoms. The zero-order valence-corrected chi connectivity index (χ0v) is 12.9. The Bertz CT molecular complexity index is 600.